The molecule has 1 rings (SSSR count). The van der Waals surface area contributed by atoms with Gasteiger partial charge in [-0.1, -0.05) is 6.07 Å². The lowest BCUT2D eigenvalue weighted by atomic mass is 10.0. The minimum Gasteiger partial charge on any atom is -0.478 e. The number of rotatable bonds is 5. The van der Waals surface area contributed by atoms with Crippen molar-refractivity contribution in [2.24, 2.45) is 0 Å². The molecular weight excluding hydrogens is 258 g/mol. The van der Waals surface area contributed by atoms with Crippen molar-refractivity contribution in [3.63, 3.8) is 0 Å². The number of carbonyl (C=O) groups is 2. The number of carboxylic acid groups (broad SMARTS) is 1. The van der Waals surface area contributed by atoms with Gasteiger partial charge in [-0.05, 0) is 43.2 Å². The van der Waals surface area contributed by atoms with Gasteiger partial charge in [0, 0.05) is 25.2 Å². The molecule has 1 atom stereocenters. The number of carbonyl (C=O) groups excluding carboxylic acids is 1. The van der Waals surface area contributed by atoms with Crippen molar-refractivity contribution >= 4 is 18.0 Å². The van der Waals surface area contributed by atoms with Crippen LogP contribution in [0.2, 0.25) is 0 Å². The smallest absolute Gasteiger partial charge is 0.328 e. The van der Waals surface area contributed by atoms with E-state index >= 15 is 0 Å². The van der Waals surface area contributed by atoms with Gasteiger partial charge in [0.05, 0.1) is 6.10 Å². The first-order chi connectivity index (χ1) is 9.31. The summed E-state index contributed by atoms with van der Waals surface area (Å²) in [6.07, 6.45) is 1.97. The van der Waals surface area contributed by atoms with E-state index in [0.29, 0.717) is 5.56 Å². The van der Waals surface area contributed by atoms with Crippen LogP contribution >= 0.6 is 0 Å². The number of benzene rings is 1. The maximum Gasteiger partial charge on any atom is 0.328 e. The number of aryl methyl sites for hydroxylation is 1. The van der Waals surface area contributed by atoms with E-state index in [1.165, 1.54) is 11.0 Å². The van der Waals surface area contributed by atoms with E-state index in [0.717, 1.165) is 17.2 Å². The third-order valence-electron chi connectivity index (χ3n) is 2.81. The molecule has 0 aliphatic carbocycles. The van der Waals surface area contributed by atoms with Crippen molar-refractivity contribution < 1.29 is 19.8 Å². The van der Waals surface area contributed by atoms with Crippen molar-refractivity contribution in [3.05, 3.63) is 41.0 Å². The molecule has 0 heterocycles. The van der Waals surface area contributed by atoms with Crippen molar-refractivity contribution in [1.29, 1.82) is 0 Å². The molecular formula is C15H19NO4. The molecule has 0 fully saturated rings. The second kappa shape index (κ2) is 6.86. The van der Waals surface area contributed by atoms with Crippen LogP contribution in [0.1, 0.15) is 28.4 Å². The van der Waals surface area contributed by atoms with Crippen LogP contribution in [0.3, 0.4) is 0 Å². The molecule has 1 aromatic carbocycles. The third kappa shape index (κ3) is 4.51. The van der Waals surface area contributed by atoms with Crippen LogP contribution in [0.4, 0.5) is 0 Å². The molecule has 0 aliphatic rings. The highest BCUT2D eigenvalue weighted by Crippen LogP contribution is 2.14. The highest BCUT2D eigenvalue weighted by molar-refractivity contribution is 5.94. The first-order valence-corrected chi connectivity index (χ1v) is 6.26. The number of hydrogen-bond donors (Lipinski definition) is 2. The van der Waals surface area contributed by atoms with E-state index in [9.17, 15) is 14.7 Å². The van der Waals surface area contributed by atoms with E-state index in [2.05, 4.69) is 0 Å². The van der Waals surface area contributed by atoms with Gasteiger partial charge in [-0.3, -0.25) is 4.79 Å². The Morgan fingerprint density at radius 2 is 2.05 bits per heavy atom. The number of amides is 1. The van der Waals surface area contributed by atoms with E-state index in [4.69, 9.17) is 5.11 Å². The van der Waals surface area contributed by atoms with E-state index in [1.807, 2.05) is 6.92 Å². The number of likely N-dealkylation sites (N-methyl/N-ethyl adjacent to an activating group) is 1. The van der Waals surface area contributed by atoms with Gasteiger partial charge in [0.2, 0.25) is 0 Å². The van der Waals surface area contributed by atoms with Gasteiger partial charge in [-0.15, -0.1) is 0 Å². The van der Waals surface area contributed by atoms with Gasteiger partial charge < -0.3 is 15.1 Å². The van der Waals surface area contributed by atoms with Gasteiger partial charge in [-0.25, -0.2) is 4.79 Å². The van der Waals surface area contributed by atoms with Crippen LogP contribution in [0, 0.1) is 6.92 Å². The quantitative estimate of drug-likeness (QED) is 0.800. The summed E-state index contributed by atoms with van der Waals surface area (Å²) < 4.78 is 0. The van der Waals surface area contributed by atoms with E-state index < -0.39 is 12.1 Å². The Labute approximate surface area is 118 Å². The maximum absolute atomic E-state index is 12.1. The Balaban J connectivity index is 2.91. The van der Waals surface area contributed by atoms with Crippen molar-refractivity contribution in [2.45, 2.75) is 20.0 Å². The first kappa shape index (κ1) is 15.9. The van der Waals surface area contributed by atoms with Crippen LogP contribution in [0.25, 0.3) is 6.08 Å². The Kier molecular flexibility index (Phi) is 5.46. The summed E-state index contributed by atoms with van der Waals surface area (Å²) in [5.74, 6) is -1.19. The minimum absolute atomic E-state index is 0.178. The molecule has 0 saturated carbocycles. The molecule has 20 heavy (non-hydrogen) atoms. The predicted octanol–water partition coefficient (Wildman–Crippen LogP) is 1.55. The molecule has 1 aromatic rings. The fourth-order valence-electron chi connectivity index (χ4n) is 1.86. The summed E-state index contributed by atoms with van der Waals surface area (Å²) in [6, 6.07) is 5.07. The first-order valence-electron chi connectivity index (χ1n) is 6.26. The average Bonchev–Trinajstić information content (AvgIpc) is 2.35. The third-order valence-corrected chi connectivity index (χ3v) is 2.81. The molecule has 0 aliphatic heterocycles. The Morgan fingerprint density at radius 1 is 1.40 bits per heavy atom. The fraction of sp³-hybridized carbons (Fsp3) is 0.333. The Bertz CT molecular complexity index is 535. The van der Waals surface area contributed by atoms with Crippen LogP contribution in [-0.4, -0.2) is 46.7 Å². The molecule has 1 amide bonds. The monoisotopic (exact) mass is 277 g/mol. The van der Waals surface area contributed by atoms with Gasteiger partial charge in [0.1, 0.15) is 0 Å². The van der Waals surface area contributed by atoms with E-state index in [1.54, 1.807) is 32.2 Å². The molecule has 0 saturated heterocycles. The fourth-order valence-corrected chi connectivity index (χ4v) is 1.86. The lowest BCUT2D eigenvalue weighted by molar-refractivity contribution is -0.131. The largest absolute Gasteiger partial charge is 0.478 e. The molecule has 0 aromatic heterocycles. The van der Waals surface area contributed by atoms with Crippen LogP contribution in [-0.2, 0) is 4.79 Å². The summed E-state index contributed by atoms with van der Waals surface area (Å²) in [6.45, 7) is 3.69. The molecule has 2 N–H and O–H groups in total. The molecule has 1 unspecified atom stereocenters. The van der Waals surface area contributed by atoms with Gasteiger partial charge >= 0.3 is 5.97 Å². The van der Waals surface area contributed by atoms with Gasteiger partial charge in [0.25, 0.3) is 5.91 Å². The zero-order chi connectivity index (χ0) is 15.3. The number of hydrogen-bond acceptors (Lipinski definition) is 3. The highest BCUT2D eigenvalue weighted by atomic mass is 16.4. The lowest BCUT2D eigenvalue weighted by Gasteiger charge is -2.19. The van der Waals surface area contributed by atoms with Crippen LogP contribution in [0.15, 0.2) is 24.3 Å². The number of carboxylic acids is 1. The van der Waals surface area contributed by atoms with E-state index in [-0.39, 0.29) is 12.5 Å². The number of aliphatic carboxylic acids is 1. The Hall–Kier alpha value is -2.14. The molecule has 0 bridgehead atoms. The topological polar surface area (TPSA) is 77.8 Å². The van der Waals surface area contributed by atoms with Gasteiger partial charge in [-0.2, -0.15) is 0 Å². The summed E-state index contributed by atoms with van der Waals surface area (Å²) in [5, 5.41) is 17.9. The van der Waals surface area contributed by atoms with Crippen LogP contribution in [0.5, 0.6) is 0 Å². The number of aliphatic hydroxyl groups is 1. The van der Waals surface area contributed by atoms with Crippen molar-refractivity contribution in [3.8, 4) is 0 Å². The van der Waals surface area contributed by atoms with Gasteiger partial charge in [0.15, 0.2) is 0 Å². The lowest BCUT2D eigenvalue weighted by Crippen LogP contribution is -2.33. The highest BCUT2D eigenvalue weighted by Gasteiger charge is 2.13. The second-order valence-corrected chi connectivity index (χ2v) is 4.78. The molecule has 5 heteroatoms. The molecule has 108 valence electrons. The van der Waals surface area contributed by atoms with Crippen LogP contribution < -0.4 is 0 Å². The second-order valence-electron chi connectivity index (χ2n) is 4.78. The standard InChI is InChI=1S/C15H19NO4/c1-10-8-13(15(20)16(3)9-11(2)17)5-4-12(10)6-7-14(18)19/h4-8,11,17H,9H2,1-3H3,(H,18,19)/b7-6+. The summed E-state index contributed by atoms with van der Waals surface area (Å²) in [5.41, 5.74) is 2.08. The molecule has 0 radical (unpaired) electrons. The zero-order valence-corrected chi connectivity index (χ0v) is 11.8. The number of aliphatic hydroxyl groups excluding tert-OH is 1. The van der Waals surface area contributed by atoms with Crippen molar-refractivity contribution in [2.75, 3.05) is 13.6 Å². The predicted molar refractivity (Wildman–Crippen MR) is 76.5 cm³/mol. The minimum atomic E-state index is -1.01. The molecule has 0 spiro atoms. The SMILES string of the molecule is Cc1cc(C(=O)N(C)CC(C)O)ccc1/C=C/C(=O)O. The normalized spacial score (nSPS) is 12.4. The average molecular weight is 277 g/mol. The number of nitrogens with zero attached hydrogens (tertiary/aromatic N) is 1. The Morgan fingerprint density at radius 3 is 2.55 bits per heavy atom. The summed E-state index contributed by atoms with van der Waals surface area (Å²) in [7, 11) is 1.63. The maximum atomic E-state index is 12.1. The summed E-state index contributed by atoms with van der Waals surface area (Å²) in [4.78, 5) is 24.0. The molecule has 5 nitrogen and oxygen atoms in total. The zero-order valence-electron chi connectivity index (χ0n) is 11.8. The van der Waals surface area contributed by atoms with Crippen molar-refractivity contribution in [1.82, 2.24) is 4.90 Å². The summed E-state index contributed by atoms with van der Waals surface area (Å²) >= 11 is 0.